The Bertz CT molecular complexity index is 1340. The van der Waals surface area contributed by atoms with E-state index in [0.29, 0.717) is 34.8 Å². The molecule has 3 heterocycles. The van der Waals surface area contributed by atoms with Gasteiger partial charge in [-0.2, -0.15) is 0 Å². The number of nitrogens with one attached hydrogen (secondary N) is 1. The van der Waals surface area contributed by atoms with Crippen molar-refractivity contribution in [1.82, 2.24) is 14.7 Å². The molecule has 0 radical (unpaired) electrons. The van der Waals surface area contributed by atoms with Gasteiger partial charge in [0.05, 0.1) is 24.4 Å². The second kappa shape index (κ2) is 9.91. The number of rotatable bonds is 7. The van der Waals surface area contributed by atoms with Crippen molar-refractivity contribution in [2.75, 3.05) is 14.1 Å². The SMILES string of the molecule is CN=C(C)/C(CC1Oc2c(F)ccc(-c3ccc4ncc(CNC)n4c3)c2O1)=C(\N)C(O)C(C)(C)C. The molecule has 192 valence electrons. The molecule has 8 nitrogen and oxygen atoms in total. The zero-order valence-corrected chi connectivity index (χ0v) is 21.6. The van der Waals surface area contributed by atoms with E-state index in [1.165, 1.54) is 6.07 Å². The van der Waals surface area contributed by atoms with Gasteiger partial charge in [0.1, 0.15) is 5.65 Å². The summed E-state index contributed by atoms with van der Waals surface area (Å²) >= 11 is 0. The van der Waals surface area contributed by atoms with Crippen LogP contribution in [0.25, 0.3) is 16.8 Å². The minimum atomic E-state index is -0.894. The van der Waals surface area contributed by atoms with Gasteiger partial charge in [0, 0.05) is 47.9 Å². The van der Waals surface area contributed by atoms with Crippen LogP contribution >= 0.6 is 0 Å². The Labute approximate surface area is 210 Å². The van der Waals surface area contributed by atoms with Crippen molar-refractivity contribution in [3.05, 3.63) is 59.4 Å². The van der Waals surface area contributed by atoms with Crippen molar-refractivity contribution in [2.24, 2.45) is 16.1 Å². The van der Waals surface area contributed by atoms with E-state index >= 15 is 0 Å². The molecule has 0 aliphatic carbocycles. The molecule has 9 heteroatoms. The number of imidazole rings is 1. The number of hydrogen-bond donors (Lipinski definition) is 3. The molecule has 2 unspecified atom stereocenters. The van der Waals surface area contributed by atoms with Crippen molar-refractivity contribution in [3.63, 3.8) is 0 Å². The average molecular weight is 496 g/mol. The summed E-state index contributed by atoms with van der Waals surface area (Å²) in [5.41, 5.74) is 10.9. The fourth-order valence-electron chi connectivity index (χ4n) is 4.27. The topological polar surface area (TPSA) is 106 Å². The highest BCUT2D eigenvalue weighted by Gasteiger charge is 2.34. The van der Waals surface area contributed by atoms with Crippen LogP contribution < -0.4 is 20.5 Å². The smallest absolute Gasteiger partial charge is 0.245 e. The number of aromatic nitrogens is 2. The summed E-state index contributed by atoms with van der Waals surface area (Å²) in [6.07, 6.45) is 2.25. The molecule has 0 saturated carbocycles. The molecular weight excluding hydrogens is 461 g/mol. The van der Waals surface area contributed by atoms with Gasteiger partial charge < -0.3 is 30.0 Å². The van der Waals surface area contributed by atoms with E-state index in [2.05, 4.69) is 15.3 Å². The maximum Gasteiger partial charge on any atom is 0.245 e. The lowest BCUT2D eigenvalue weighted by Crippen LogP contribution is -2.34. The number of pyridine rings is 1. The fraction of sp³-hybridized carbons (Fsp3) is 0.407. The maximum atomic E-state index is 14.8. The van der Waals surface area contributed by atoms with Crippen molar-refractivity contribution in [2.45, 2.75) is 53.1 Å². The van der Waals surface area contributed by atoms with Gasteiger partial charge in [-0.1, -0.05) is 20.8 Å². The molecule has 0 amide bonds. The summed E-state index contributed by atoms with van der Waals surface area (Å²) in [4.78, 5) is 8.70. The van der Waals surface area contributed by atoms with Crippen LogP contribution in [0.5, 0.6) is 11.5 Å². The third-order valence-electron chi connectivity index (χ3n) is 6.42. The van der Waals surface area contributed by atoms with Crippen molar-refractivity contribution < 1.29 is 19.0 Å². The number of nitrogens with zero attached hydrogens (tertiary/aromatic N) is 3. The van der Waals surface area contributed by atoms with E-state index in [4.69, 9.17) is 15.2 Å². The first-order valence-corrected chi connectivity index (χ1v) is 11.9. The second-order valence-electron chi connectivity index (χ2n) is 10.1. The van der Waals surface area contributed by atoms with Crippen LogP contribution in [0.15, 0.2) is 52.9 Å². The molecule has 0 fully saturated rings. The van der Waals surface area contributed by atoms with Crippen LogP contribution in [0, 0.1) is 11.2 Å². The number of aliphatic hydroxyl groups is 1. The molecular formula is C27H34FN5O3. The van der Waals surface area contributed by atoms with Crippen LogP contribution in [0.2, 0.25) is 0 Å². The van der Waals surface area contributed by atoms with Crippen LogP contribution in [0.3, 0.4) is 0 Å². The monoisotopic (exact) mass is 495 g/mol. The van der Waals surface area contributed by atoms with Gasteiger partial charge in [-0.05, 0) is 43.7 Å². The normalized spacial score (nSPS) is 17.4. The molecule has 36 heavy (non-hydrogen) atoms. The highest BCUT2D eigenvalue weighted by atomic mass is 19.1. The van der Waals surface area contributed by atoms with E-state index in [-0.39, 0.29) is 12.2 Å². The molecule has 2 atom stereocenters. The Morgan fingerprint density at radius 2 is 1.97 bits per heavy atom. The van der Waals surface area contributed by atoms with Gasteiger partial charge in [-0.25, -0.2) is 9.37 Å². The largest absolute Gasteiger partial charge is 0.450 e. The lowest BCUT2D eigenvalue weighted by atomic mass is 9.85. The zero-order valence-electron chi connectivity index (χ0n) is 21.6. The van der Waals surface area contributed by atoms with Crippen LogP contribution in [-0.2, 0) is 6.54 Å². The number of nitrogens with two attached hydrogens (primary N) is 1. The predicted octanol–water partition coefficient (Wildman–Crippen LogP) is 4.06. The first-order valence-electron chi connectivity index (χ1n) is 11.9. The summed E-state index contributed by atoms with van der Waals surface area (Å²) in [6.45, 7) is 8.18. The number of aliphatic hydroxyl groups excluding tert-OH is 1. The van der Waals surface area contributed by atoms with Crippen molar-refractivity contribution in [1.29, 1.82) is 0 Å². The summed E-state index contributed by atoms with van der Waals surface area (Å²) in [7, 11) is 3.53. The van der Waals surface area contributed by atoms with Gasteiger partial charge in [-0.15, -0.1) is 0 Å². The molecule has 2 aromatic heterocycles. The quantitative estimate of drug-likeness (QED) is 0.427. The number of hydrogen-bond acceptors (Lipinski definition) is 7. The summed E-state index contributed by atoms with van der Waals surface area (Å²) < 4.78 is 28.9. The van der Waals surface area contributed by atoms with Crippen molar-refractivity contribution >= 4 is 11.4 Å². The van der Waals surface area contributed by atoms with Gasteiger partial charge in [0.2, 0.25) is 12.0 Å². The number of fused-ring (bicyclic) bond motifs is 2. The fourth-order valence-corrected chi connectivity index (χ4v) is 4.27. The minimum Gasteiger partial charge on any atom is -0.450 e. The second-order valence-corrected chi connectivity index (χ2v) is 10.1. The number of benzene rings is 1. The summed E-state index contributed by atoms with van der Waals surface area (Å²) in [6, 6.07) is 6.89. The molecule has 1 aliphatic heterocycles. The number of aliphatic imine (C=N–C) groups is 1. The van der Waals surface area contributed by atoms with E-state index in [1.807, 2.05) is 63.7 Å². The van der Waals surface area contributed by atoms with Crippen molar-refractivity contribution in [3.8, 4) is 22.6 Å². The van der Waals surface area contributed by atoms with Gasteiger partial charge >= 0.3 is 0 Å². The molecule has 1 aromatic carbocycles. The van der Waals surface area contributed by atoms with E-state index in [0.717, 1.165) is 16.9 Å². The highest BCUT2D eigenvalue weighted by molar-refractivity contribution is 5.99. The molecule has 4 rings (SSSR count). The van der Waals surface area contributed by atoms with Crippen LogP contribution in [0.4, 0.5) is 4.39 Å². The Morgan fingerprint density at radius 3 is 2.64 bits per heavy atom. The molecule has 4 N–H and O–H groups in total. The first-order chi connectivity index (χ1) is 17.0. The third-order valence-corrected chi connectivity index (χ3v) is 6.42. The van der Waals surface area contributed by atoms with Gasteiger partial charge in [-0.3, -0.25) is 4.99 Å². The van der Waals surface area contributed by atoms with E-state index < -0.39 is 23.6 Å². The highest BCUT2D eigenvalue weighted by Crippen LogP contribution is 2.46. The molecule has 0 bridgehead atoms. The van der Waals surface area contributed by atoms with E-state index in [1.54, 1.807) is 13.1 Å². The Balaban J connectivity index is 1.69. The van der Waals surface area contributed by atoms with Crippen LogP contribution in [-0.4, -0.2) is 46.7 Å². The van der Waals surface area contributed by atoms with Crippen LogP contribution in [0.1, 0.15) is 39.8 Å². The molecule has 0 saturated heterocycles. The average Bonchev–Trinajstić information content (AvgIpc) is 3.45. The predicted molar refractivity (Wildman–Crippen MR) is 139 cm³/mol. The zero-order chi connectivity index (χ0) is 26.2. The van der Waals surface area contributed by atoms with Gasteiger partial charge in [0.15, 0.2) is 11.6 Å². The Hall–Kier alpha value is -3.43. The lowest BCUT2D eigenvalue weighted by molar-refractivity contribution is 0.0480. The Morgan fingerprint density at radius 1 is 1.25 bits per heavy atom. The van der Waals surface area contributed by atoms with E-state index in [9.17, 15) is 9.50 Å². The van der Waals surface area contributed by atoms with Gasteiger partial charge in [0.25, 0.3) is 0 Å². The summed E-state index contributed by atoms with van der Waals surface area (Å²) in [5.74, 6) is -0.126. The number of halogens is 1. The molecule has 1 aliphatic rings. The lowest BCUT2D eigenvalue weighted by Gasteiger charge is -2.28. The Kier molecular flexibility index (Phi) is 7.06. The standard InChI is InChI=1S/C27H34FN5O3/c1-15(31-6)19(23(29)26(34)27(2,3)4)11-22-35-24-18(8-9-20(28)25(24)36-22)16-7-10-21-32-13-17(12-30-5)33(21)14-16/h7-10,13-14,22,26,30,34H,11-12,29H2,1-6H3/b23-19-,31-15?. The number of ether oxygens (including phenoxy) is 2. The summed E-state index contributed by atoms with van der Waals surface area (Å²) in [5, 5.41) is 13.9. The minimum absolute atomic E-state index is 0.0547. The maximum absolute atomic E-state index is 14.8. The third kappa shape index (κ3) is 4.81. The first kappa shape index (κ1) is 25.7. The molecule has 3 aromatic rings. The molecule has 0 spiro atoms.